The topological polar surface area (TPSA) is 94.5 Å². The van der Waals surface area contributed by atoms with Crippen LogP contribution < -0.4 is 11.1 Å². The van der Waals surface area contributed by atoms with E-state index in [1.807, 2.05) is 73.7 Å². The number of halogens is 1. The third-order valence-electron chi connectivity index (χ3n) is 5.30. The van der Waals surface area contributed by atoms with Crippen LogP contribution in [-0.4, -0.2) is 31.3 Å². The normalized spacial score (nSPS) is 11.1. The standard InChI is InChI=1S/C25H22ClN7/c1-16-6-4-10-20(14-16)33-23(27)21-22(17-7-5-8-18(26)15-17)30-25(31-24(21)32-33)29-13-11-19-9-2-3-12-28-19/h2-10,12,14-15H,11,13,27H2,1H3,(H,29,31,32). The summed E-state index contributed by atoms with van der Waals surface area (Å²) in [6.45, 7) is 2.66. The van der Waals surface area contributed by atoms with Crippen molar-refractivity contribution in [3.63, 3.8) is 0 Å². The van der Waals surface area contributed by atoms with Crippen molar-refractivity contribution in [2.24, 2.45) is 0 Å². The monoisotopic (exact) mass is 455 g/mol. The molecule has 0 amide bonds. The molecule has 0 unspecified atom stereocenters. The number of hydrogen-bond donors (Lipinski definition) is 2. The largest absolute Gasteiger partial charge is 0.383 e. The van der Waals surface area contributed by atoms with Crippen LogP contribution in [0.15, 0.2) is 72.9 Å². The number of nitrogens with zero attached hydrogens (tertiary/aromatic N) is 5. The van der Waals surface area contributed by atoms with Gasteiger partial charge in [0, 0.05) is 35.4 Å². The first-order chi connectivity index (χ1) is 16.1. The Labute approximate surface area is 196 Å². The lowest BCUT2D eigenvalue weighted by Gasteiger charge is -2.09. The Balaban J connectivity index is 1.59. The summed E-state index contributed by atoms with van der Waals surface area (Å²) in [7, 11) is 0. The fourth-order valence-corrected chi connectivity index (χ4v) is 3.93. The summed E-state index contributed by atoms with van der Waals surface area (Å²) in [4.78, 5) is 13.8. The predicted octanol–water partition coefficient (Wildman–Crippen LogP) is 5.08. The fourth-order valence-electron chi connectivity index (χ4n) is 3.74. The Morgan fingerprint density at radius 3 is 2.67 bits per heavy atom. The van der Waals surface area contributed by atoms with Gasteiger partial charge in [-0.05, 0) is 48.9 Å². The zero-order chi connectivity index (χ0) is 22.8. The Kier molecular flexibility index (Phi) is 5.62. The maximum Gasteiger partial charge on any atom is 0.225 e. The van der Waals surface area contributed by atoms with E-state index in [2.05, 4.69) is 15.3 Å². The third-order valence-corrected chi connectivity index (χ3v) is 5.54. The van der Waals surface area contributed by atoms with Gasteiger partial charge in [0.2, 0.25) is 5.95 Å². The molecule has 0 atom stereocenters. The minimum atomic E-state index is 0.474. The predicted molar refractivity (Wildman–Crippen MR) is 133 cm³/mol. The van der Waals surface area contributed by atoms with Crippen LogP contribution in [0.4, 0.5) is 11.8 Å². The van der Waals surface area contributed by atoms with E-state index >= 15 is 0 Å². The number of aromatic nitrogens is 5. The number of benzene rings is 2. The van der Waals surface area contributed by atoms with Crippen molar-refractivity contribution in [1.82, 2.24) is 24.7 Å². The minimum Gasteiger partial charge on any atom is -0.383 e. The number of aryl methyl sites for hydroxylation is 1. The maximum atomic E-state index is 6.58. The molecule has 0 aliphatic heterocycles. The van der Waals surface area contributed by atoms with Gasteiger partial charge in [-0.2, -0.15) is 4.98 Å². The quantitative estimate of drug-likeness (QED) is 0.371. The van der Waals surface area contributed by atoms with E-state index in [-0.39, 0.29) is 0 Å². The van der Waals surface area contributed by atoms with Gasteiger partial charge in [0.25, 0.3) is 0 Å². The SMILES string of the molecule is Cc1cccc(-n2nc3nc(NCCc4ccccn4)nc(-c4cccc(Cl)c4)c3c2N)c1. The summed E-state index contributed by atoms with van der Waals surface area (Å²) in [6.07, 6.45) is 2.53. The zero-order valence-electron chi connectivity index (χ0n) is 18.0. The summed E-state index contributed by atoms with van der Waals surface area (Å²) in [5, 5.41) is 9.32. The van der Waals surface area contributed by atoms with Crippen LogP contribution in [0, 0.1) is 6.92 Å². The van der Waals surface area contributed by atoms with E-state index in [1.165, 1.54) is 0 Å². The molecule has 0 aliphatic carbocycles. The molecule has 33 heavy (non-hydrogen) atoms. The number of pyridine rings is 1. The first-order valence-corrected chi connectivity index (χ1v) is 11.0. The molecule has 3 N–H and O–H groups in total. The highest BCUT2D eigenvalue weighted by atomic mass is 35.5. The second-order valence-electron chi connectivity index (χ2n) is 7.74. The molecule has 8 heteroatoms. The average molecular weight is 456 g/mol. The van der Waals surface area contributed by atoms with Crippen LogP contribution in [0.1, 0.15) is 11.3 Å². The average Bonchev–Trinajstić information content (AvgIpc) is 3.16. The molecule has 0 spiro atoms. The second-order valence-corrected chi connectivity index (χ2v) is 8.18. The van der Waals surface area contributed by atoms with E-state index in [0.29, 0.717) is 40.1 Å². The van der Waals surface area contributed by atoms with E-state index in [9.17, 15) is 0 Å². The smallest absolute Gasteiger partial charge is 0.225 e. The highest BCUT2D eigenvalue weighted by Gasteiger charge is 2.19. The molecule has 164 valence electrons. The molecule has 0 saturated heterocycles. The molecule has 7 nitrogen and oxygen atoms in total. The zero-order valence-corrected chi connectivity index (χ0v) is 18.8. The molecule has 0 bridgehead atoms. The lowest BCUT2D eigenvalue weighted by Crippen LogP contribution is -2.09. The van der Waals surface area contributed by atoms with E-state index in [0.717, 1.165) is 28.9 Å². The number of anilines is 2. The molecule has 0 fully saturated rings. The molecule has 5 rings (SSSR count). The molecule has 0 saturated carbocycles. The van der Waals surface area contributed by atoms with Crippen LogP contribution in [0.2, 0.25) is 5.02 Å². The van der Waals surface area contributed by atoms with Crippen LogP contribution in [0.25, 0.3) is 28.0 Å². The Morgan fingerprint density at radius 2 is 1.88 bits per heavy atom. The molecule has 2 aromatic carbocycles. The van der Waals surface area contributed by atoms with Crippen molar-refractivity contribution >= 4 is 34.4 Å². The Hall–Kier alpha value is -3.97. The molecular formula is C25H22ClN7. The summed E-state index contributed by atoms with van der Waals surface area (Å²) < 4.78 is 1.71. The van der Waals surface area contributed by atoms with Gasteiger partial charge in [0.1, 0.15) is 5.82 Å². The highest BCUT2D eigenvalue weighted by molar-refractivity contribution is 6.30. The molecule has 5 aromatic rings. The van der Waals surface area contributed by atoms with Gasteiger partial charge < -0.3 is 11.1 Å². The van der Waals surface area contributed by atoms with E-state index < -0.39 is 0 Å². The second kappa shape index (κ2) is 8.88. The van der Waals surface area contributed by atoms with Crippen LogP contribution in [-0.2, 0) is 6.42 Å². The minimum absolute atomic E-state index is 0.474. The van der Waals surface area contributed by atoms with E-state index in [1.54, 1.807) is 10.9 Å². The molecule has 0 radical (unpaired) electrons. The van der Waals surface area contributed by atoms with Crippen molar-refractivity contribution in [1.29, 1.82) is 0 Å². The fraction of sp³-hybridized carbons (Fsp3) is 0.120. The first-order valence-electron chi connectivity index (χ1n) is 10.6. The molecular weight excluding hydrogens is 434 g/mol. The Bertz CT molecular complexity index is 1430. The van der Waals surface area contributed by atoms with Crippen molar-refractivity contribution in [3.8, 4) is 16.9 Å². The van der Waals surface area contributed by atoms with Crippen LogP contribution in [0.3, 0.4) is 0 Å². The van der Waals surface area contributed by atoms with Gasteiger partial charge >= 0.3 is 0 Å². The number of nitrogens with one attached hydrogen (secondary N) is 1. The van der Waals surface area contributed by atoms with Crippen molar-refractivity contribution in [3.05, 3.63) is 89.2 Å². The summed E-state index contributed by atoms with van der Waals surface area (Å²) in [5.74, 6) is 0.952. The van der Waals surface area contributed by atoms with Gasteiger partial charge in [-0.3, -0.25) is 4.98 Å². The van der Waals surface area contributed by atoms with Gasteiger partial charge in [-0.1, -0.05) is 41.9 Å². The third kappa shape index (κ3) is 4.36. The summed E-state index contributed by atoms with van der Waals surface area (Å²) in [5.41, 5.74) is 11.6. The van der Waals surface area contributed by atoms with Crippen molar-refractivity contribution < 1.29 is 0 Å². The Morgan fingerprint density at radius 1 is 1.00 bits per heavy atom. The summed E-state index contributed by atoms with van der Waals surface area (Å²) in [6, 6.07) is 21.4. The van der Waals surface area contributed by atoms with E-state index in [4.69, 9.17) is 27.4 Å². The molecule has 3 aromatic heterocycles. The van der Waals surface area contributed by atoms with Gasteiger partial charge in [0.05, 0.1) is 16.8 Å². The summed E-state index contributed by atoms with van der Waals surface area (Å²) >= 11 is 6.28. The molecule has 3 heterocycles. The van der Waals surface area contributed by atoms with Crippen LogP contribution in [0.5, 0.6) is 0 Å². The highest BCUT2D eigenvalue weighted by Crippen LogP contribution is 2.33. The number of hydrogen-bond acceptors (Lipinski definition) is 6. The lowest BCUT2D eigenvalue weighted by molar-refractivity contribution is 0.896. The molecule has 0 aliphatic rings. The lowest BCUT2D eigenvalue weighted by atomic mass is 10.1. The van der Waals surface area contributed by atoms with Gasteiger partial charge in [-0.15, -0.1) is 5.10 Å². The number of nitrogen functional groups attached to an aromatic ring is 1. The van der Waals surface area contributed by atoms with Crippen molar-refractivity contribution in [2.45, 2.75) is 13.3 Å². The van der Waals surface area contributed by atoms with Crippen LogP contribution >= 0.6 is 11.6 Å². The number of rotatable bonds is 6. The number of nitrogens with two attached hydrogens (primary N) is 1. The first kappa shape index (κ1) is 20.9. The van der Waals surface area contributed by atoms with Gasteiger partial charge in [0.15, 0.2) is 5.65 Å². The van der Waals surface area contributed by atoms with Gasteiger partial charge in [-0.25, -0.2) is 9.67 Å². The number of fused-ring (bicyclic) bond motifs is 1. The van der Waals surface area contributed by atoms with Crippen molar-refractivity contribution in [2.75, 3.05) is 17.6 Å². The maximum absolute atomic E-state index is 6.58.